The molecule has 134 valence electrons. The van der Waals surface area contributed by atoms with Crippen molar-refractivity contribution in [3.8, 4) is 0 Å². The summed E-state index contributed by atoms with van der Waals surface area (Å²) in [5.41, 5.74) is 2.12. The minimum absolute atomic E-state index is 0.0490. The number of fused-ring (bicyclic) bond motifs is 1. The number of hydrogen-bond donors (Lipinski definition) is 1. The molecular formula is C21H24N4O. The van der Waals surface area contributed by atoms with Crippen LogP contribution in [-0.4, -0.2) is 52.5 Å². The Kier molecular flexibility index (Phi) is 5.09. The predicted molar refractivity (Wildman–Crippen MR) is 104 cm³/mol. The standard InChI is InChI=1S/C21H24N4O/c26-21-18-8-4-5-9-19(18)22-20(23-21)16-25-14-12-24(13-15-25)11-10-17-6-2-1-3-7-17/h1-9H,10-16H2,(H,22,23,26). The Morgan fingerprint density at radius 3 is 2.38 bits per heavy atom. The first kappa shape index (κ1) is 16.9. The summed E-state index contributed by atoms with van der Waals surface area (Å²) in [5.74, 6) is 0.756. The predicted octanol–water partition coefficient (Wildman–Crippen LogP) is 2.28. The van der Waals surface area contributed by atoms with Gasteiger partial charge in [0.05, 0.1) is 17.4 Å². The van der Waals surface area contributed by atoms with Crippen molar-refractivity contribution >= 4 is 10.9 Å². The van der Waals surface area contributed by atoms with Gasteiger partial charge in [0.2, 0.25) is 0 Å². The minimum Gasteiger partial charge on any atom is -0.309 e. The number of benzene rings is 2. The van der Waals surface area contributed by atoms with Gasteiger partial charge in [0.25, 0.3) is 5.56 Å². The fourth-order valence-electron chi connectivity index (χ4n) is 3.52. The summed E-state index contributed by atoms with van der Waals surface area (Å²) in [6, 6.07) is 18.2. The number of piperazine rings is 1. The highest BCUT2D eigenvalue weighted by molar-refractivity contribution is 5.77. The molecule has 26 heavy (non-hydrogen) atoms. The number of para-hydroxylation sites is 1. The lowest BCUT2D eigenvalue weighted by molar-refractivity contribution is 0.126. The van der Waals surface area contributed by atoms with Crippen LogP contribution >= 0.6 is 0 Å². The highest BCUT2D eigenvalue weighted by atomic mass is 16.1. The van der Waals surface area contributed by atoms with Crippen LogP contribution in [0, 0.1) is 0 Å². The lowest BCUT2D eigenvalue weighted by Crippen LogP contribution is -2.46. The van der Waals surface area contributed by atoms with Crippen LogP contribution in [0.3, 0.4) is 0 Å². The van der Waals surface area contributed by atoms with Gasteiger partial charge in [-0.25, -0.2) is 4.98 Å². The number of nitrogens with one attached hydrogen (secondary N) is 1. The summed E-state index contributed by atoms with van der Waals surface area (Å²) in [5, 5.41) is 0.655. The fourth-order valence-corrected chi connectivity index (χ4v) is 3.52. The molecule has 0 amide bonds. The largest absolute Gasteiger partial charge is 0.309 e. The zero-order valence-electron chi connectivity index (χ0n) is 14.9. The zero-order chi connectivity index (χ0) is 17.8. The van der Waals surface area contributed by atoms with Crippen molar-refractivity contribution in [2.24, 2.45) is 0 Å². The molecule has 1 aromatic heterocycles. The van der Waals surface area contributed by atoms with Crippen molar-refractivity contribution in [2.75, 3.05) is 32.7 Å². The van der Waals surface area contributed by atoms with E-state index in [0.717, 1.165) is 50.5 Å². The van der Waals surface area contributed by atoms with E-state index in [1.807, 2.05) is 24.3 Å². The van der Waals surface area contributed by atoms with Gasteiger partial charge in [-0.3, -0.25) is 9.69 Å². The van der Waals surface area contributed by atoms with E-state index in [2.05, 4.69) is 50.1 Å². The molecule has 1 aliphatic heterocycles. The van der Waals surface area contributed by atoms with E-state index in [-0.39, 0.29) is 5.56 Å². The second-order valence-corrected chi connectivity index (χ2v) is 6.88. The van der Waals surface area contributed by atoms with Gasteiger partial charge < -0.3 is 9.88 Å². The van der Waals surface area contributed by atoms with Gasteiger partial charge in [0, 0.05) is 32.7 Å². The maximum atomic E-state index is 12.2. The van der Waals surface area contributed by atoms with Gasteiger partial charge >= 0.3 is 0 Å². The van der Waals surface area contributed by atoms with E-state index in [0.29, 0.717) is 11.9 Å². The number of H-pyrrole nitrogens is 1. The van der Waals surface area contributed by atoms with E-state index in [1.54, 1.807) is 0 Å². The minimum atomic E-state index is -0.0490. The average molecular weight is 348 g/mol. The van der Waals surface area contributed by atoms with Crippen LogP contribution in [0.1, 0.15) is 11.4 Å². The number of rotatable bonds is 5. The summed E-state index contributed by atoms with van der Waals surface area (Å²) in [4.78, 5) is 24.6. The van der Waals surface area contributed by atoms with Crippen LogP contribution < -0.4 is 5.56 Å². The monoisotopic (exact) mass is 348 g/mol. The Bertz CT molecular complexity index is 914. The lowest BCUT2D eigenvalue weighted by Gasteiger charge is -2.34. The first-order valence-electron chi connectivity index (χ1n) is 9.24. The highest BCUT2D eigenvalue weighted by Crippen LogP contribution is 2.10. The molecule has 5 nitrogen and oxygen atoms in total. The molecule has 1 aliphatic rings. The van der Waals surface area contributed by atoms with Crippen LogP contribution in [0.4, 0.5) is 0 Å². The second kappa shape index (κ2) is 7.81. The first-order valence-corrected chi connectivity index (χ1v) is 9.24. The number of aromatic nitrogens is 2. The van der Waals surface area contributed by atoms with Gasteiger partial charge in [-0.05, 0) is 24.1 Å². The number of nitrogens with zero attached hydrogens (tertiary/aromatic N) is 3. The molecule has 0 unspecified atom stereocenters. The number of hydrogen-bond acceptors (Lipinski definition) is 4. The van der Waals surface area contributed by atoms with Crippen LogP contribution in [0.2, 0.25) is 0 Å². The maximum absolute atomic E-state index is 12.2. The SMILES string of the molecule is O=c1[nH]c(CN2CCN(CCc3ccccc3)CC2)nc2ccccc12. The van der Waals surface area contributed by atoms with E-state index in [9.17, 15) is 4.79 Å². The summed E-state index contributed by atoms with van der Waals surface area (Å²) in [7, 11) is 0. The molecular weight excluding hydrogens is 324 g/mol. The van der Waals surface area contributed by atoms with Crippen molar-refractivity contribution in [2.45, 2.75) is 13.0 Å². The van der Waals surface area contributed by atoms with Gasteiger partial charge in [-0.15, -0.1) is 0 Å². The summed E-state index contributed by atoms with van der Waals surface area (Å²) in [6.45, 7) is 5.93. The Labute approximate surface area is 153 Å². The molecule has 0 atom stereocenters. The summed E-state index contributed by atoms with van der Waals surface area (Å²) >= 11 is 0. The van der Waals surface area contributed by atoms with E-state index in [4.69, 9.17) is 0 Å². The first-order chi connectivity index (χ1) is 12.8. The number of aromatic amines is 1. The molecule has 4 rings (SSSR count). The van der Waals surface area contributed by atoms with Crippen molar-refractivity contribution in [3.63, 3.8) is 0 Å². The molecule has 0 saturated carbocycles. The van der Waals surface area contributed by atoms with Gasteiger partial charge in [0.15, 0.2) is 0 Å². The average Bonchev–Trinajstić information content (AvgIpc) is 2.68. The Balaban J connectivity index is 1.32. The zero-order valence-corrected chi connectivity index (χ0v) is 14.9. The third-order valence-electron chi connectivity index (χ3n) is 5.06. The van der Waals surface area contributed by atoms with Crippen LogP contribution in [0.5, 0.6) is 0 Å². The molecule has 1 N–H and O–H groups in total. The fraction of sp³-hybridized carbons (Fsp3) is 0.333. The summed E-state index contributed by atoms with van der Waals surface area (Å²) < 4.78 is 0. The van der Waals surface area contributed by atoms with Gasteiger partial charge in [0.1, 0.15) is 5.82 Å². The Hall–Kier alpha value is -2.50. The smallest absolute Gasteiger partial charge is 0.258 e. The molecule has 0 radical (unpaired) electrons. The molecule has 0 bridgehead atoms. The molecule has 2 heterocycles. The van der Waals surface area contributed by atoms with E-state index < -0.39 is 0 Å². The Morgan fingerprint density at radius 1 is 0.885 bits per heavy atom. The molecule has 5 heteroatoms. The van der Waals surface area contributed by atoms with Crippen molar-refractivity contribution in [1.82, 2.24) is 19.8 Å². The molecule has 0 spiro atoms. The lowest BCUT2D eigenvalue weighted by atomic mass is 10.1. The third kappa shape index (κ3) is 4.00. The quantitative estimate of drug-likeness (QED) is 0.769. The third-order valence-corrected chi connectivity index (χ3v) is 5.06. The van der Waals surface area contributed by atoms with Crippen molar-refractivity contribution in [1.29, 1.82) is 0 Å². The van der Waals surface area contributed by atoms with Crippen LogP contribution in [0.25, 0.3) is 10.9 Å². The normalized spacial score (nSPS) is 16.2. The van der Waals surface area contributed by atoms with E-state index in [1.165, 1.54) is 5.56 Å². The second-order valence-electron chi connectivity index (χ2n) is 6.88. The Morgan fingerprint density at radius 2 is 1.58 bits per heavy atom. The van der Waals surface area contributed by atoms with Crippen molar-refractivity contribution in [3.05, 3.63) is 76.3 Å². The van der Waals surface area contributed by atoms with Crippen molar-refractivity contribution < 1.29 is 0 Å². The molecule has 2 aromatic carbocycles. The maximum Gasteiger partial charge on any atom is 0.258 e. The highest BCUT2D eigenvalue weighted by Gasteiger charge is 2.17. The molecule has 1 fully saturated rings. The topological polar surface area (TPSA) is 52.2 Å². The van der Waals surface area contributed by atoms with E-state index >= 15 is 0 Å². The molecule has 3 aromatic rings. The van der Waals surface area contributed by atoms with Crippen LogP contribution in [0.15, 0.2) is 59.4 Å². The van der Waals surface area contributed by atoms with Gasteiger partial charge in [-0.2, -0.15) is 0 Å². The van der Waals surface area contributed by atoms with Gasteiger partial charge in [-0.1, -0.05) is 42.5 Å². The molecule has 0 aliphatic carbocycles. The van der Waals surface area contributed by atoms with Crippen LogP contribution in [-0.2, 0) is 13.0 Å². The molecule has 1 saturated heterocycles. The summed E-state index contributed by atoms with van der Waals surface area (Å²) in [6.07, 6.45) is 1.10.